The summed E-state index contributed by atoms with van der Waals surface area (Å²) in [4.78, 5) is 27.4. The van der Waals surface area contributed by atoms with E-state index in [1.54, 1.807) is 26.4 Å². The average Bonchev–Trinajstić information content (AvgIpc) is 3.17. The number of nitrogens with two attached hydrogens (primary N) is 1. The normalized spacial score (nSPS) is 18.6. The van der Waals surface area contributed by atoms with Crippen molar-refractivity contribution in [3.63, 3.8) is 0 Å². The van der Waals surface area contributed by atoms with Crippen molar-refractivity contribution >= 4 is 28.9 Å². The maximum Gasteiger partial charge on any atom is 0.224 e. The smallest absolute Gasteiger partial charge is 0.224 e. The Balaban J connectivity index is 1.05. The van der Waals surface area contributed by atoms with E-state index >= 15 is 0 Å². The third kappa shape index (κ3) is 9.48. The number of nitrogen functional groups attached to an aromatic ring is 1. The highest BCUT2D eigenvalue weighted by Crippen LogP contribution is 2.39. The summed E-state index contributed by atoms with van der Waals surface area (Å²) in [5.41, 5.74) is 12.9. The first-order chi connectivity index (χ1) is 25.3. The second-order valence-corrected chi connectivity index (χ2v) is 13.3. The van der Waals surface area contributed by atoms with Crippen molar-refractivity contribution in [1.82, 2.24) is 4.90 Å². The monoisotopic (exact) mass is 708 g/mol. The van der Waals surface area contributed by atoms with E-state index in [-0.39, 0.29) is 30.6 Å². The van der Waals surface area contributed by atoms with E-state index in [1.165, 1.54) is 11.1 Å². The van der Waals surface area contributed by atoms with Crippen LogP contribution in [0.15, 0.2) is 84.9 Å². The second-order valence-electron chi connectivity index (χ2n) is 13.3. The Labute approximate surface area is 305 Å². The van der Waals surface area contributed by atoms with Gasteiger partial charge in [0.1, 0.15) is 0 Å². The first-order valence-electron chi connectivity index (χ1n) is 17.8. The molecule has 274 valence electrons. The molecule has 52 heavy (non-hydrogen) atoms. The first-order valence-corrected chi connectivity index (χ1v) is 17.8. The van der Waals surface area contributed by atoms with E-state index in [9.17, 15) is 14.7 Å². The molecule has 0 aromatic heterocycles. The molecule has 2 aliphatic rings. The summed E-state index contributed by atoms with van der Waals surface area (Å²) < 4.78 is 24.3. The van der Waals surface area contributed by atoms with E-state index in [0.717, 1.165) is 54.2 Å². The summed E-state index contributed by atoms with van der Waals surface area (Å²) in [6.07, 6.45) is 2.44. The standard InChI is InChI=1S/C41H48N4O7/c1-49-37-21-30-19-20-45(24-31(30)22-38(37)50-2)25-33-23-36(28-13-11-27(26-46)12-14-28)52-41(51-33)29-15-17-32(18-16-29)43-39(47)9-5-6-10-40(48)44-35-8-4-3-7-34(35)42/h3-4,7-8,11-18,21-22,33,36,41,46H,5-6,9-10,19-20,23-26,42H2,1-2H3,(H,43,47)(H,44,48). The fourth-order valence-electron chi connectivity index (χ4n) is 6.76. The zero-order chi connectivity index (χ0) is 36.5. The number of unbranched alkanes of at least 4 members (excludes halogenated alkanes) is 1. The van der Waals surface area contributed by atoms with Crippen LogP contribution in [0.5, 0.6) is 11.5 Å². The van der Waals surface area contributed by atoms with Gasteiger partial charge in [0.15, 0.2) is 17.8 Å². The van der Waals surface area contributed by atoms with Gasteiger partial charge in [0, 0.05) is 50.1 Å². The molecule has 4 aromatic rings. The average molecular weight is 709 g/mol. The number of para-hydroxylation sites is 2. The number of hydrogen-bond donors (Lipinski definition) is 4. The predicted octanol–water partition coefficient (Wildman–Crippen LogP) is 6.52. The van der Waals surface area contributed by atoms with Gasteiger partial charge in [-0.05, 0) is 77.9 Å². The fraction of sp³-hybridized carbons (Fsp3) is 0.366. The zero-order valence-electron chi connectivity index (χ0n) is 29.8. The number of nitrogens with zero attached hydrogens (tertiary/aromatic N) is 1. The highest BCUT2D eigenvalue weighted by molar-refractivity contribution is 5.94. The SMILES string of the molecule is COc1cc2c(cc1OC)CN(CC1CC(c3ccc(CO)cc3)OC(c3ccc(NC(=O)CCCCC(=O)Nc4ccccc4N)cc3)O1)CC2. The molecule has 2 heterocycles. The minimum absolute atomic E-state index is 0.0159. The highest BCUT2D eigenvalue weighted by Gasteiger charge is 2.34. The summed E-state index contributed by atoms with van der Waals surface area (Å²) in [6, 6.07) is 26.7. The van der Waals surface area contributed by atoms with Crippen LogP contribution in [0.25, 0.3) is 0 Å². The molecule has 3 atom stereocenters. The lowest BCUT2D eigenvalue weighted by Crippen LogP contribution is -2.41. The Morgan fingerprint density at radius 3 is 2.17 bits per heavy atom. The molecular formula is C41H48N4O7. The van der Waals surface area contributed by atoms with Crippen molar-refractivity contribution in [2.45, 2.75) is 70.2 Å². The Kier molecular flexibility index (Phi) is 12.4. The van der Waals surface area contributed by atoms with Gasteiger partial charge in [-0.2, -0.15) is 0 Å². The van der Waals surface area contributed by atoms with Gasteiger partial charge >= 0.3 is 0 Å². The van der Waals surface area contributed by atoms with E-state index in [2.05, 4.69) is 27.7 Å². The maximum absolute atomic E-state index is 12.7. The number of benzene rings is 4. The summed E-state index contributed by atoms with van der Waals surface area (Å²) in [6.45, 7) is 2.39. The van der Waals surface area contributed by atoms with Gasteiger partial charge in [0.25, 0.3) is 0 Å². The lowest BCUT2D eigenvalue weighted by atomic mass is 9.97. The molecule has 11 heteroatoms. The predicted molar refractivity (Wildman–Crippen MR) is 200 cm³/mol. The van der Waals surface area contributed by atoms with E-state index in [4.69, 9.17) is 24.7 Å². The molecule has 0 radical (unpaired) electrons. The topological polar surface area (TPSA) is 145 Å². The number of aliphatic hydroxyl groups excluding tert-OH is 1. The molecule has 2 amide bonds. The molecule has 0 spiro atoms. The van der Waals surface area contributed by atoms with Crippen LogP contribution in [0, 0.1) is 0 Å². The maximum atomic E-state index is 12.7. The number of fused-ring (bicyclic) bond motifs is 1. The van der Waals surface area contributed by atoms with Gasteiger partial charge < -0.3 is 40.4 Å². The number of carbonyl (C=O) groups excluding carboxylic acids is 2. The summed E-state index contributed by atoms with van der Waals surface area (Å²) in [5, 5.41) is 15.3. The second kappa shape index (κ2) is 17.5. The molecule has 5 N–H and O–H groups in total. The Morgan fingerprint density at radius 1 is 0.846 bits per heavy atom. The molecule has 4 aromatic carbocycles. The third-order valence-electron chi connectivity index (χ3n) is 9.63. The minimum atomic E-state index is -0.607. The molecule has 11 nitrogen and oxygen atoms in total. The van der Waals surface area contributed by atoms with Crippen LogP contribution in [0.2, 0.25) is 0 Å². The lowest BCUT2D eigenvalue weighted by molar-refractivity contribution is -0.253. The first kappa shape index (κ1) is 36.8. The number of aliphatic hydroxyl groups is 1. The van der Waals surface area contributed by atoms with E-state index in [0.29, 0.717) is 49.2 Å². The Hall–Kier alpha value is -4.94. The van der Waals surface area contributed by atoms with E-state index < -0.39 is 6.29 Å². The fourth-order valence-corrected chi connectivity index (χ4v) is 6.76. The zero-order valence-corrected chi connectivity index (χ0v) is 29.8. The van der Waals surface area contributed by atoms with Crippen LogP contribution in [0.1, 0.15) is 72.3 Å². The van der Waals surface area contributed by atoms with Crippen molar-refractivity contribution in [3.8, 4) is 11.5 Å². The van der Waals surface area contributed by atoms with Gasteiger partial charge in [-0.1, -0.05) is 48.5 Å². The molecule has 0 bridgehead atoms. The molecule has 1 saturated heterocycles. The van der Waals surface area contributed by atoms with Gasteiger partial charge in [-0.25, -0.2) is 0 Å². The van der Waals surface area contributed by atoms with Crippen molar-refractivity contribution in [2.24, 2.45) is 0 Å². The highest BCUT2D eigenvalue weighted by atomic mass is 16.7. The van der Waals surface area contributed by atoms with Crippen molar-refractivity contribution in [3.05, 3.63) is 113 Å². The molecule has 3 unspecified atom stereocenters. The molecule has 1 fully saturated rings. The number of methoxy groups -OCH3 is 2. The van der Waals surface area contributed by atoms with Crippen LogP contribution >= 0.6 is 0 Å². The van der Waals surface area contributed by atoms with Crippen LogP contribution in [-0.2, 0) is 38.6 Å². The van der Waals surface area contributed by atoms with Crippen molar-refractivity contribution in [2.75, 3.05) is 43.7 Å². The summed E-state index contributed by atoms with van der Waals surface area (Å²) in [5.74, 6) is 1.23. The Bertz CT molecular complexity index is 1820. The number of rotatable bonds is 14. The summed E-state index contributed by atoms with van der Waals surface area (Å²) >= 11 is 0. The lowest BCUT2D eigenvalue weighted by Gasteiger charge is -2.39. The number of anilines is 3. The molecule has 6 rings (SSSR count). The van der Waals surface area contributed by atoms with Crippen molar-refractivity contribution < 1.29 is 33.6 Å². The largest absolute Gasteiger partial charge is 0.493 e. The van der Waals surface area contributed by atoms with Crippen LogP contribution < -0.4 is 25.8 Å². The van der Waals surface area contributed by atoms with Crippen LogP contribution in [-0.4, -0.2) is 55.2 Å². The van der Waals surface area contributed by atoms with Gasteiger partial charge in [-0.15, -0.1) is 0 Å². The molecule has 2 aliphatic heterocycles. The number of amides is 2. The van der Waals surface area contributed by atoms with Crippen LogP contribution in [0.4, 0.5) is 17.1 Å². The van der Waals surface area contributed by atoms with Gasteiger partial charge in [0.05, 0.1) is 44.4 Å². The van der Waals surface area contributed by atoms with E-state index in [1.807, 2.05) is 60.7 Å². The molecular weight excluding hydrogens is 660 g/mol. The Morgan fingerprint density at radius 2 is 1.50 bits per heavy atom. The molecule has 0 saturated carbocycles. The number of hydrogen-bond acceptors (Lipinski definition) is 9. The number of nitrogens with one attached hydrogen (secondary N) is 2. The van der Waals surface area contributed by atoms with Gasteiger partial charge in [0.2, 0.25) is 11.8 Å². The van der Waals surface area contributed by atoms with Crippen molar-refractivity contribution in [1.29, 1.82) is 0 Å². The third-order valence-corrected chi connectivity index (χ3v) is 9.63. The summed E-state index contributed by atoms with van der Waals surface area (Å²) in [7, 11) is 3.32. The van der Waals surface area contributed by atoms with Crippen LogP contribution in [0.3, 0.4) is 0 Å². The number of ether oxygens (including phenoxy) is 4. The number of carbonyl (C=O) groups is 2. The molecule has 0 aliphatic carbocycles. The minimum Gasteiger partial charge on any atom is -0.493 e. The quantitative estimate of drug-likeness (QED) is 0.0850. The van der Waals surface area contributed by atoms with Gasteiger partial charge in [-0.3, -0.25) is 14.5 Å².